The number of rotatable bonds is 1. The Morgan fingerprint density at radius 1 is 0.923 bits per heavy atom. The molecule has 82 valence electrons. The lowest BCUT2D eigenvalue weighted by molar-refractivity contribution is 0.186. The van der Waals surface area contributed by atoms with Gasteiger partial charge in [0.05, 0.1) is 13.2 Å². The first-order valence-electron chi connectivity index (χ1n) is 4.13. The zero-order valence-electron chi connectivity index (χ0n) is 9.03. The molecular weight excluding hydrogens is 168 g/mol. The van der Waals surface area contributed by atoms with E-state index in [1.165, 1.54) is 0 Å². The van der Waals surface area contributed by atoms with Crippen molar-refractivity contribution in [1.29, 1.82) is 0 Å². The van der Waals surface area contributed by atoms with E-state index < -0.39 is 0 Å². The van der Waals surface area contributed by atoms with E-state index in [1.807, 2.05) is 13.8 Å². The molecule has 0 saturated carbocycles. The topological polar surface area (TPSA) is 60.7 Å². The van der Waals surface area contributed by atoms with Crippen molar-refractivity contribution >= 4 is 0 Å². The molecule has 0 spiro atoms. The first-order chi connectivity index (χ1) is 6.16. The van der Waals surface area contributed by atoms with Crippen LogP contribution in [0.1, 0.15) is 20.8 Å². The lowest BCUT2D eigenvalue weighted by Gasteiger charge is -1.70. The smallest absolute Gasteiger partial charge is 0.0662 e. The third-order valence-electron chi connectivity index (χ3n) is 0.1000. The molecular formula is C10H24O3. The standard InChI is InChI=1S/2C3H6.C2H6O2.C2H6O/c2*1-3-2;3-1-2-4;1-2-3/h2*3H,1H2,2H3;3-4H,1-2H2;3H,2H2,1H3. The largest absolute Gasteiger partial charge is 0.397 e. The number of hydrogen-bond acceptors (Lipinski definition) is 3. The van der Waals surface area contributed by atoms with Crippen molar-refractivity contribution in [2.45, 2.75) is 20.8 Å². The minimum atomic E-state index is -0.125. The fraction of sp³-hybridized carbons (Fsp3) is 0.600. The molecule has 0 aromatic heterocycles. The molecule has 0 bridgehead atoms. The Kier molecular flexibility index (Phi) is 113. The van der Waals surface area contributed by atoms with Crippen LogP contribution >= 0.6 is 0 Å². The summed E-state index contributed by atoms with van der Waals surface area (Å²) in [6.45, 7) is 12.2. The van der Waals surface area contributed by atoms with Crippen molar-refractivity contribution in [2.75, 3.05) is 19.8 Å². The molecule has 0 fully saturated rings. The summed E-state index contributed by atoms with van der Waals surface area (Å²) >= 11 is 0. The van der Waals surface area contributed by atoms with Crippen molar-refractivity contribution in [3.05, 3.63) is 25.3 Å². The van der Waals surface area contributed by atoms with Crippen molar-refractivity contribution in [3.8, 4) is 0 Å². The first kappa shape index (κ1) is 22.8. The zero-order chi connectivity index (χ0) is 11.5. The first-order valence-corrected chi connectivity index (χ1v) is 4.13. The van der Waals surface area contributed by atoms with Gasteiger partial charge in [0.2, 0.25) is 0 Å². The van der Waals surface area contributed by atoms with Crippen LogP contribution in [0, 0.1) is 0 Å². The molecule has 3 N–H and O–H groups in total. The Labute approximate surface area is 82.0 Å². The van der Waals surface area contributed by atoms with Gasteiger partial charge in [-0.15, -0.1) is 13.2 Å². The lowest BCUT2D eigenvalue weighted by atomic mass is 10.8. The van der Waals surface area contributed by atoms with Gasteiger partial charge >= 0.3 is 0 Å². The molecule has 0 aliphatic rings. The molecule has 3 heteroatoms. The van der Waals surface area contributed by atoms with Crippen LogP contribution in [0.2, 0.25) is 0 Å². The average molecular weight is 192 g/mol. The molecule has 0 aliphatic carbocycles. The Morgan fingerprint density at radius 2 is 1.00 bits per heavy atom. The molecule has 0 unspecified atom stereocenters. The Bertz CT molecular complexity index is 55.2. The molecule has 0 heterocycles. The maximum absolute atomic E-state index is 7.62. The van der Waals surface area contributed by atoms with Crippen LogP contribution in [-0.4, -0.2) is 35.1 Å². The summed E-state index contributed by atoms with van der Waals surface area (Å²) < 4.78 is 0. The molecule has 0 rings (SSSR count). The monoisotopic (exact) mass is 192 g/mol. The van der Waals surface area contributed by atoms with Crippen LogP contribution in [-0.2, 0) is 0 Å². The van der Waals surface area contributed by atoms with Gasteiger partial charge in [0.15, 0.2) is 0 Å². The summed E-state index contributed by atoms with van der Waals surface area (Å²) in [6, 6.07) is 0. The van der Waals surface area contributed by atoms with Crippen molar-refractivity contribution < 1.29 is 15.3 Å². The normalized spacial score (nSPS) is 5.69. The average Bonchev–Trinajstić information content (AvgIpc) is 2.08. The summed E-state index contributed by atoms with van der Waals surface area (Å²) in [7, 11) is 0. The second-order valence-corrected chi connectivity index (χ2v) is 1.58. The van der Waals surface area contributed by atoms with Crippen molar-refractivity contribution in [1.82, 2.24) is 0 Å². The van der Waals surface area contributed by atoms with Gasteiger partial charge in [-0.25, -0.2) is 0 Å². The predicted molar refractivity (Wildman–Crippen MR) is 58.7 cm³/mol. The second-order valence-electron chi connectivity index (χ2n) is 1.58. The van der Waals surface area contributed by atoms with E-state index >= 15 is 0 Å². The van der Waals surface area contributed by atoms with Gasteiger partial charge in [-0.1, -0.05) is 12.2 Å². The predicted octanol–water partition coefficient (Wildman–Crippen LogP) is 1.35. The number of hydrogen-bond donors (Lipinski definition) is 3. The van der Waals surface area contributed by atoms with Gasteiger partial charge in [-0.3, -0.25) is 0 Å². The highest BCUT2D eigenvalue weighted by molar-refractivity contribution is 4.51. The van der Waals surface area contributed by atoms with Crippen LogP contribution in [0.5, 0.6) is 0 Å². The third kappa shape index (κ3) is 7680. The summed E-state index contributed by atoms with van der Waals surface area (Å²) in [5, 5.41) is 22.8. The molecule has 0 aromatic rings. The SMILES string of the molecule is C=CC.C=CC.CCO.OCCO. The van der Waals surface area contributed by atoms with E-state index in [-0.39, 0.29) is 19.8 Å². The van der Waals surface area contributed by atoms with Gasteiger partial charge < -0.3 is 15.3 Å². The molecule has 0 atom stereocenters. The van der Waals surface area contributed by atoms with Crippen LogP contribution in [0.15, 0.2) is 25.3 Å². The minimum Gasteiger partial charge on any atom is -0.397 e. The molecule has 0 aromatic carbocycles. The molecule has 3 nitrogen and oxygen atoms in total. The van der Waals surface area contributed by atoms with Crippen molar-refractivity contribution in [2.24, 2.45) is 0 Å². The van der Waals surface area contributed by atoms with Gasteiger partial charge in [0.1, 0.15) is 0 Å². The second kappa shape index (κ2) is 64.1. The Balaban J connectivity index is -0.0000000420. The van der Waals surface area contributed by atoms with Crippen molar-refractivity contribution in [3.63, 3.8) is 0 Å². The van der Waals surface area contributed by atoms with E-state index in [0.29, 0.717) is 0 Å². The van der Waals surface area contributed by atoms with Gasteiger partial charge in [0.25, 0.3) is 0 Å². The van der Waals surface area contributed by atoms with E-state index in [2.05, 4.69) is 13.2 Å². The molecule has 0 radical (unpaired) electrons. The zero-order valence-corrected chi connectivity index (χ0v) is 9.03. The fourth-order valence-electron chi connectivity index (χ4n) is 0. The highest BCUT2D eigenvalue weighted by Gasteiger charge is 1.58. The van der Waals surface area contributed by atoms with Gasteiger partial charge in [-0.05, 0) is 20.8 Å². The van der Waals surface area contributed by atoms with Crippen LogP contribution in [0.4, 0.5) is 0 Å². The number of allylic oxidation sites excluding steroid dienone is 2. The molecule has 0 amide bonds. The highest BCUT2D eigenvalue weighted by Crippen LogP contribution is 1.39. The van der Waals surface area contributed by atoms with E-state index in [9.17, 15) is 0 Å². The molecule has 0 saturated heterocycles. The van der Waals surface area contributed by atoms with E-state index in [1.54, 1.807) is 19.1 Å². The summed E-state index contributed by atoms with van der Waals surface area (Å²) in [4.78, 5) is 0. The number of aliphatic hydroxyl groups is 3. The summed E-state index contributed by atoms with van der Waals surface area (Å²) in [5.74, 6) is 0. The van der Waals surface area contributed by atoms with Crippen LogP contribution in [0.25, 0.3) is 0 Å². The fourth-order valence-corrected chi connectivity index (χ4v) is 0. The van der Waals surface area contributed by atoms with Gasteiger partial charge in [0, 0.05) is 6.61 Å². The van der Waals surface area contributed by atoms with Gasteiger partial charge in [-0.2, -0.15) is 0 Å². The summed E-state index contributed by atoms with van der Waals surface area (Å²) in [6.07, 6.45) is 3.50. The lowest BCUT2D eigenvalue weighted by Crippen LogP contribution is -1.85. The Morgan fingerprint density at radius 3 is 1.00 bits per heavy atom. The number of aliphatic hydroxyl groups excluding tert-OH is 3. The Hall–Kier alpha value is -0.640. The maximum Gasteiger partial charge on any atom is 0.0662 e. The van der Waals surface area contributed by atoms with Crippen LogP contribution in [0.3, 0.4) is 0 Å². The highest BCUT2D eigenvalue weighted by atomic mass is 16.3. The molecule has 0 aliphatic heterocycles. The third-order valence-corrected chi connectivity index (χ3v) is 0.1000. The summed E-state index contributed by atoms with van der Waals surface area (Å²) in [5.41, 5.74) is 0. The maximum atomic E-state index is 7.62. The van der Waals surface area contributed by atoms with E-state index in [0.717, 1.165) is 0 Å². The minimum absolute atomic E-state index is 0.125. The quantitative estimate of drug-likeness (QED) is 0.550. The van der Waals surface area contributed by atoms with E-state index in [4.69, 9.17) is 15.3 Å². The van der Waals surface area contributed by atoms with Crippen LogP contribution < -0.4 is 0 Å². The molecule has 13 heavy (non-hydrogen) atoms.